The first-order valence-electron chi connectivity index (χ1n) is 15.9. The number of phenolic OH excluding ortho intramolecular Hbond substituents is 1. The number of aliphatic hydroxyl groups is 1. The third kappa shape index (κ3) is 8.07. The van der Waals surface area contributed by atoms with Crippen LogP contribution in [0.4, 0.5) is 11.4 Å². The van der Waals surface area contributed by atoms with Gasteiger partial charge in [0.25, 0.3) is 5.69 Å². The first kappa shape index (κ1) is 37.3. The first-order chi connectivity index (χ1) is 21.2. The Bertz CT molecular complexity index is 1570. The summed E-state index contributed by atoms with van der Waals surface area (Å²) in [5.74, 6) is -0.741. The maximum Gasteiger partial charge on any atom is 0.318 e. The van der Waals surface area contributed by atoms with Crippen molar-refractivity contribution in [2.75, 3.05) is 0 Å². The van der Waals surface area contributed by atoms with Crippen LogP contribution in [0.2, 0.25) is 0 Å². The summed E-state index contributed by atoms with van der Waals surface area (Å²) in [5.41, 5.74) is 1.11. The Hall–Kier alpha value is -4.11. The number of nitrogens with zero attached hydrogens (tertiary/aromatic N) is 3. The predicted octanol–water partition coefficient (Wildman–Crippen LogP) is 9.14. The van der Waals surface area contributed by atoms with Gasteiger partial charge < -0.3 is 10.2 Å². The number of benzene rings is 3. The van der Waals surface area contributed by atoms with Gasteiger partial charge in [-0.05, 0) is 62.0 Å². The second-order valence-electron chi connectivity index (χ2n) is 16.7. The fourth-order valence-electron chi connectivity index (χ4n) is 5.35. The van der Waals surface area contributed by atoms with Gasteiger partial charge in [-0.1, -0.05) is 119 Å². The molecule has 0 spiro atoms. The summed E-state index contributed by atoms with van der Waals surface area (Å²) in [6.45, 7) is 27.2. The predicted molar refractivity (Wildman–Crippen MR) is 189 cm³/mol. The van der Waals surface area contributed by atoms with Gasteiger partial charge in [-0.2, -0.15) is 0 Å². The third-order valence-electron chi connectivity index (χ3n) is 8.76. The van der Waals surface area contributed by atoms with Crippen LogP contribution < -0.4 is 0 Å². The quantitative estimate of drug-likeness (QED) is 0.149. The van der Waals surface area contributed by atoms with E-state index < -0.39 is 38.6 Å². The summed E-state index contributed by atoms with van der Waals surface area (Å²) in [7, 11) is 0. The Kier molecular flexibility index (Phi) is 9.92. The number of hydrogen-bond acceptors (Lipinski definition) is 7. The van der Waals surface area contributed by atoms with Crippen molar-refractivity contribution in [3.63, 3.8) is 0 Å². The normalized spacial score (nSPS) is 14.0. The molecule has 0 radical (unpaired) electrons. The molecule has 9 nitrogen and oxygen atoms in total. The molecule has 0 bridgehead atoms. The van der Waals surface area contributed by atoms with Gasteiger partial charge in [-0.25, -0.2) is 0 Å². The SMILES string of the molecule is CC(N=Cc1cc([N+](=O)[O-])cc([N+](=O)[O-])c1O)C(O)(c1cc(C(C)(C)C)cc(C(C)(C)C)c1)c1cc(C(C)(C)C)cc(C(C)(C)C)c1. The van der Waals surface area contributed by atoms with Gasteiger partial charge in [0.05, 0.1) is 22.0 Å². The van der Waals surface area contributed by atoms with Crippen LogP contribution in [0.25, 0.3) is 0 Å². The molecule has 3 aromatic carbocycles. The van der Waals surface area contributed by atoms with E-state index in [1.807, 2.05) is 24.3 Å². The summed E-state index contributed by atoms with van der Waals surface area (Å²) in [4.78, 5) is 26.2. The van der Waals surface area contributed by atoms with E-state index in [9.17, 15) is 30.4 Å². The van der Waals surface area contributed by atoms with Crippen molar-refractivity contribution < 1.29 is 20.1 Å². The summed E-state index contributed by atoms with van der Waals surface area (Å²) < 4.78 is 0. The summed E-state index contributed by atoms with van der Waals surface area (Å²) in [5, 5.41) is 47.1. The molecule has 0 saturated carbocycles. The van der Waals surface area contributed by atoms with Crippen LogP contribution in [0.1, 0.15) is 129 Å². The lowest BCUT2D eigenvalue weighted by molar-refractivity contribution is -0.394. The fraction of sp³-hybridized carbons (Fsp3) is 0.500. The van der Waals surface area contributed by atoms with E-state index >= 15 is 0 Å². The van der Waals surface area contributed by atoms with Crippen molar-refractivity contribution in [2.24, 2.45) is 4.99 Å². The molecule has 47 heavy (non-hydrogen) atoms. The van der Waals surface area contributed by atoms with Gasteiger partial charge in [-0.3, -0.25) is 25.2 Å². The van der Waals surface area contributed by atoms with E-state index in [1.165, 1.54) is 6.21 Å². The number of nitro groups is 2. The molecule has 0 aliphatic rings. The van der Waals surface area contributed by atoms with E-state index in [1.54, 1.807) is 6.92 Å². The van der Waals surface area contributed by atoms with Crippen LogP contribution in [-0.4, -0.2) is 32.3 Å². The van der Waals surface area contributed by atoms with Gasteiger partial charge in [0.1, 0.15) is 5.60 Å². The molecule has 0 heterocycles. The van der Waals surface area contributed by atoms with Crippen molar-refractivity contribution in [1.29, 1.82) is 0 Å². The molecule has 0 aliphatic heterocycles. The first-order valence-corrected chi connectivity index (χ1v) is 15.9. The van der Waals surface area contributed by atoms with Gasteiger partial charge in [-0.15, -0.1) is 0 Å². The molecule has 9 heteroatoms. The van der Waals surface area contributed by atoms with E-state index in [0.29, 0.717) is 17.2 Å². The van der Waals surface area contributed by atoms with Crippen molar-refractivity contribution >= 4 is 17.6 Å². The molecule has 3 rings (SSSR count). The van der Waals surface area contributed by atoms with Crippen molar-refractivity contribution in [1.82, 2.24) is 0 Å². The zero-order valence-electron chi connectivity index (χ0n) is 30.1. The number of phenols is 1. The lowest BCUT2D eigenvalue weighted by Gasteiger charge is -2.38. The monoisotopic (exact) mass is 645 g/mol. The highest BCUT2D eigenvalue weighted by atomic mass is 16.6. The number of aliphatic imine (C=N–C) groups is 1. The minimum atomic E-state index is -1.72. The third-order valence-corrected chi connectivity index (χ3v) is 8.76. The molecule has 0 aliphatic carbocycles. The van der Waals surface area contributed by atoms with Crippen LogP contribution in [0, 0.1) is 20.2 Å². The van der Waals surface area contributed by atoms with Crippen LogP contribution in [0.3, 0.4) is 0 Å². The van der Waals surface area contributed by atoms with E-state index in [2.05, 4.69) is 100 Å². The Balaban J connectivity index is 2.47. The maximum absolute atomic E-state index is 13.2. The average molecular weight is 646 g/mol. The van der Waals surface area contributed by atoms with Crippen molar-refractivity contribution in [3.05, 3.63) is 108 Å². The van der Waals surface area contributed by atoms with E-state index in [0.717, 1.165) is 28.3 Å². The highest BCUT2D eigenvalue weighted by Gasteiger charge is 2.41. The molecule has 0 saturated heterocycles. The lowest BCUT2D eigenvalue weighted by atomic mass is 9.71. The molecular formula is C38H51N3O6. The summed E-state index contributed by atoms with van der Waals surface area (Å²) >= 11 is 0. The highest BCUT2D eigenvalue weighted by molar-refractivity contribution is 5.87. The number of aromatic hydroxyl groups is 1. The largest absolute Gasteiger partial charge is 0.502 e. The topological polar surface area (TPSA) is 139 Å². The molecule has 254 valence electrons. The summed E-state index contributed by atoms with van der Waals surface area (Å²) in [6.07, 6.45) is 1.17. The lowest BCUT2D eigenvalue weighted by Crippen LogP contribution is -2.39. The van der Waals surface area contributed by atoms with Gasteiger partial charge in [0.15, 0.2) is 0 Å². The van der Waals surface area contributed by atoms with Crippen LogP contribution >= 0.6 is 0 Å². The Morgan fingerprint density at radius 1 is 0.617 bits per heavy atom. The minimum absolute atomic E-state index is 0.197. The molecule has 0 fully saturated rings. The van der Waals surface area contributed by atoms with Crippen LogP contribution in [0.15, 0.2) is 53.5 Å². The molecule has 1 atom stereocenters. The average Bonchev–Trinajstić information content (AvgIpc) is 2.93. The molecule has 0 aromatic heterocycles. The smallest absolute Gasteiger partial charge is 0.318 e. The molecule has 0 amide bonds. The van der Waals surface area contributed by atoms with Gasteiger partial charge in [0.2, 0.25) is 5.75 Å². The van der Waals surface area contributed by atoms with E-state index in [-0.39, 0.29) is 27.2 Å². The Morgan fingerprint density at radius 2 is 0.957 bits per heavy atom. The zero-order chi connectivity index (χ0) is 36.1. The Morgan fingerprint density at radius 3 is 1.26 bits per heavy atom. The summed E-state index contributed by atoms with van der Waals surface area (Å²) in [6, 6.07) is 13.2. The number of hydrogen-bond donors (Lipinski definition) is 2. The van der Waals surface area contributed by atoms with Crippen molar-refractivity contribution in [2.45, 2.75) is 123 Å². The molecule has 1 unspecified atom stereocenters. The number of rotatable bonds is 7. The minimum Gasteiger partial charge on any atom is -0.502 e. The van der Waals surface area contributed by atoms with Crippen LogP contribution in [0.5, 0.6) is 5.75 Å². The molecular weight excluding hydrogens is 594 g/mol. The van der Waals surface area contributed by atoms with Gasteiger partial charge in [0, 0.05) is 17.8 Å². The Labute approximate surface area is 279 Å². The maximum atomic E-state index is 13.2. The highest BCUT2D eigenvalue weighted by Crippen LogP contribution is 2.43. The second kappa shape index (κ2) is 12.5. The van der Waals surface area contributed by atoms with E-state index in [4.69, 9.17) is 0 Å². The zero-order valence-corrected chi connectivity index (χ0v) is 30.1. The standard InChI is InChI=1S/C38H51N3O6/c1-23(39-22-24-14-31(40(44)45)21-32(33(24)42)41(46)47)38(43,29-17-25(34(2,3)4)15-26(18-29)35(5,6)7)30-19-27(36(8,9)10)16-28(20-30)37(11,12)13/h14-23,42-43H,1-13H3. The molecule has 3 aromatic rings. The van der Waals surface area contributed by atoms with Gasteiger partial charge >= 0.3 is 5.69 Å². The van der Waals surface area contributed by atoms with Crippen LogP contribution in [-0.2, 0) is 27.3 Å². The fourth-order valence-corrected chi connectivity index (χ4v) is 5.35. The second-order valence-corrected chi connectivity index (χ2v) is 16.7. The van der Waals surface area contributed by atoms with Crippen molar-refractivity contribution in [3.8, 4) is 5.75 Å². The number of nitro benzene ring substituents is 2. The number of non-ortho nitro benzene ring substituents is 1. The molecule has 2 N–H and O–H groups in total.